The summed E-state index contributed by atoms with van der Waals surface area (Å²) >= 11 is 0. The number of H-pyrrole nitrogens is 1. The molecule has 2 aliphatic carbocycles. The van der Waals surface area contributed by atoms with Crippen molar-refractivity contribution in [1.29, 1.82) is 0 Å². The number of hydrogen-bond donors (Lipinski definition) is 3. The van der Waals surface area contributed by atoms with Gasteiger partial charge in [0.2, 0.25) is 0 Å². The van der Waals surface area contributed by atoms with Crippen molar-refractivity contribution in [3.8, 4) is 0 Å². The quantitative estimate of drug-likeness (QED) is 0.433. The molecule has 2 saturated carbocycles. The van der Waals surface area contributed by atoms with Gasteiger partial charge in [0.15, 0.2) is 0 Å². The maximum absolute atomic E-state index is 7.04. The Hall–Kier alpha value is -1.39. The van der Waals surface area contributed by atoms with E-state index in [2.05, 4.69) is 34.5 Å². The number of hydrogen-bond acceptors (Lipinski definition) is 3. The molecule has 190 valence electrons. The van der Waals surface area contributed by atoms with E-state index >= 15 is 0 Å². The van der Waals surface area contributed by atoms with Gasteiger partial charge in [-0.15, -0.1) is 0 Å². The molecule has 0 spiro atoms. The Balaban J connectivity index is 1.32. The summed E-state index contributed by atoms with van der Waals surface area (Å²) in [4.78, 5) is 7.60. The van der Waals surface area contributed by atoms with Gasteiger partial charge in [0.1, 0.15) is 0 Å². The van der Waals surface area contributed by atoms with Gasteiger partial charge in [-0.3, -0.25) is 4.98 Å². The summed E-state index contributed by atoms with van der Waals surface area (Å²) in [5.41, 5.74) is 9.63. The number of aromatic nitrogens is 2. The molecule has 0 aromatic carbocycles. The zero-order valence-electron chi connectivity index (χ0n) is 21.8. The molecule has 0 radical (unpaired) electrons. The van der Waals surface area contributed by atoms with Gasteiger partial charge < -0.3 is 16.0 Å². The fourth-order valence-corrected chi connectivity index (χ4v) is 7.01. The predicted octanol–water partition coefficient (Wildman–Crippen LogP) is 7.28. The lowest BCUT2D eigenvalue weighted by atomic mass is 9.69. The van der Waals surface area contributed by atoms with Crippen molar-refractivity contribution < 1.29 is 0 Å². The molecule has 2 heterocycles. The monoisotopic (exact) mass is 466 g/mol. The van der Waals surface area contributed by atoms with Crippen molar-refractivity contribution in [3.05, 3.63) is 30.2 Å². The molecule has 2 fully saturated rings. The Morgan fingerprint density at radius 1 is 0.941 bits per heavy atom. The third kappa shape index (κ3) is 7.31. The van der Waals surface area contributed by atoms with E-state index in [1.165, 1.54) is 114 Å². The van der Waals surface area contributed by atoms with Crippen LogP contribution in [0.25, 0.3) is 10.9 Å². The molecular formula is C30H50N4. The molecule has 0 bridgehead atoms. The number of nitrogens with zero attached hydrogens (tertiary/aromatic N) is 1. The molecule has 4 unspecified atom stereocenters. The second-order valence-corrected chi connectivity index (χ2v) is 11.7. The van der Waals surface area contributed by atoms with Crippen molar-refractivity contribution in [2.24, 2.45) is 17.6 Å². The number of nitrogens with two attached hydrogens (primary N) is 1. The lowest BCUT2D eigenvalue weighted by molar-refractivity contribution is 0.152. The zero-order chi connectivity index (χ0) is 23.6. The first-order valence-corrected chi connectivity index (χ1v) is 14.6. The summed E-state index contributed by atoms with van der Waals surface area (Å²) in [5, 5.41) is 5.27. The van der Waals surface area contributed by atoms with Gasteiger partial charge in [0.05, 0.1) is 11.7 Å². The van der Waals surface area contributed by atoms with Crippen LogP contribution in [0.1, 0.15) is 115 Å². The number of fused-ring (bicyclic) bond motifs is 1. The largest absolute Gasteiger partial charge is 0.360 e. The maximum atomic E-state index is 7.04. The molecule has 0 saturated heterocycles. The van der Waals surface area contributed by atoms with Crippen molar-refractivity contribution in [2.75, 3.05) is 6.54 Å². The molecule has 4 heteroatoms. The van der Waals surface area contributed by atoms with Gasteiger partial charge in [-0.1, -0.05) is 77.0 Å². The highest BCUT2D eigenvalue weighted by Gasteiger charge is 2.35. The molecule has 2 aliphatic rings. The van der Waals surface area contributed by atoms with Crippen molar-refractivity contribution in [3.63, 3.8) is 0 Å². The smallest absolute Gasteiger partial charge is 0.0643 e. The van der Waals surface area contributed by atoms with Crippen LogP contribution in [-0.2, 0) is 6.42 Å². The lowest BCUT2D eigenvalue weighted by Crippen LogP contribution is -2.47. The highest BCUT2D eigenvalue weighted by molar-refractivity contribution is 5.82. The van der Waals surface area contributed by atoms with Gasteiger partial charge in [0.25, 0.3) is 0 Å². The van der Waals surface area contributed by atoms with Gasteiger partial charge >= 0.3 is 0 Å². The van der Waals surface area contributed by atoms with Crippen LogP contribution in [0.2, 0.25) is 0 Å². The van der Waals surface area contributed by atoms with Gasteiger partial charge in [-0.25, -0.2) is 0 Å². The molecule has 2 aromatic rings. The minimum Gasteiger partial charge on any atom is -0.360 e. The van der Waals surface area contributed by atoms with E-state index in [9.17, 15) is 0 Å². The van der Waals surface area contributed by atoms with E-state index in [1.807, 2.05) is 12.4 Å². The van der Waals surface area contributed by atoms with Crippen LogP contribution < -0.4 is 11.1 Å². The van der Waals surface area contributed by atoms with E-state index in [0.29, 0.717) is 12.0 Å². The number of rotatable bonds is 5. The molecule has 4 N–H and O–H groups in total. The summed E-state index contributed by atoms with van der Waals surface area (Å²) in [6.07, 6.45) is 29.0. The van der Waals surface area contributed by atoms with Crippen molar-refractivity contribution in [1.82, 2.24) is 15.3 Å². The minimum atomic E-state index is 0.0295. The number of nitrogens with one attached hydrogen (secondary N) is 2. The zero-order valence-corrected chi connectivity index (χ0v) is 21.8. The van der Waals surface area contributed by atoms with Crippen LogP contribution in [0.3, 0.4) is 0 Å². The fraction of sp³-hybridized carbons (Fsp3) is 0.767. The third-order valence-corrected chi connectivity index (χ3v) is 9.05. The van der Waals surface area contributed by atoms with Crippen LogP contribution in [0.15, 0.2) is 24.7 Å². The van der Waals surface area contributed by atoms with E-state index < -0.39 is 0 Å². The second kappa shape index (κ2) is 13.1. The van der Waals surface area contributed by atoms with Crippen LogP contribution >= 0.6 is 0 Å². The highest BCUT2D eigenvalue weighted by atomic mass is 14.9. The van der Waals surface area contributed by atoms with Crippen LogP contribution in [0, 0.1) is 11.8 Å². The average molecular weight is 467 g/mol. The van der Waals surface area contributed by atoms with E-state index in [-0.39, 0.29) is 5.54 Å². The molecular weight excluding hydrogens is 416 g/mol. The van der Waals surface area contributed by atoms with Crippen LogP contribution in [0.4, 0.5) is 0 Å². The normalized spacial score (nSPS) is 30.7. The summed E-state index contributed by atoms with van der Waals surface area (Å²) < 4.78 is 0. The summed E-state index contributed by atoms with van der Waals surface area (Å²) in [6.45, 7) is 3.45. The first-order chi connectivity index (χ1) is 16.6. The van der Waals surface area contributed by atoms with Gasteiger partial charge in [-0.05, 0) is 69.0 Å². The average Bonchev–Trinajstić information content (AvgIpc) is 3.24. The Kier molecular flexibility index (Phi) is 9.87. The molecule has 4 nitrogen and oxygen atoms in total. The van der Waals surface area contributed by atoms with Crippen molar-refractivity contribution in [2.45, 2.75) is 128 Å². The molecule has 0 aliphatic heterocycles. The summed E-state index contributed by atoms with van der Waals surface area (Å²) in [5.74, 6) is 1.54. The first-order valence-electron chi connectivity index (χ1n) is 14.6. The van der Waals surface area contributed by atoms with Crippen LogP contribution in [0.5, 0.6) is 0 Å². The molecule has 4 atom stereocenters. The SMILES string of the molecule is CC1(N)CCCCCCCC1C1CCCCCCC(NCCc2c[nH]c3cnccc23)CCC1. The standard InChI is InChI=1S/C30H50N4/c1-30(31)19-10-6-2-3-9-16-28(30)24-12-7-4-5-8-14-26(15-11-13-24)33-21-17-25-22-34-29-23-32-20-18-27(25)29/h18,20,22-24,26,28,33-34H,2-17,19,21,31H2,1H3. The molecule has 2 aromatic heterocycles. The minimum absolute atomic E-state index is 0.0295. The third-order valence-electron chi connectivity index (χ3n) is 9.05. The lowest BCUT2D eigenvalue weighted by Gasteiger charge is -2.40. The Morgan fingerprint density at radius 3 is 2.53 bits per heavy atom. The van der Waals surface area contributed by atoms with E-state index in [1.54, 1.807) is 0 Å². The Morgan fingerprint density at radius 2 is 1.65 bits per heavy atom. The van der Waals surface area contributed by atoms with E-state index in [0.717, 1.165) is 24.4 Å². The first kappa shape index (κ1) is 25.7. The molecule has 34 heavy (non-hydrogen) atoms. The maximum Gasteiger partial charge on any atom is 0.0643 e. The van der Waals surface area contributed by atoms with Crippen LogP contribution in [-0.4, -0.2) is 28.1 Å². The van der Waals surface area contributed by atoms with Gasteiger partial charge in [0, 0.05) is 29.4 Å². The summed E-state index contributed by atoms with van der Waals surface area (Å²) in [6, 6.07) is 2.80. The molecule has 4 rings (SSSR count). The number of pyridine rings is 1. The Bertz CT molecular complexity index is 841. The number of aromatic amines is 1. The molecule has 0 amide bonds. The Labute approximate surface area is 208 Å². The van der Waals surface area contributed by atoms with Gasteiger partial charge in [-0.2, -0.15) is 0 Å². The van der Waals surface area contributed by atoms with E-state index in [4.69, 9.17) is 5.73 Å². The fourth-order valence-electron chi connectivity index (χ4n) is 7.01. The van der Waals surface area contributed by atoms with Crippen molar-refractivity contribution >= 4 is 10.9 Å². The topological polar surface area (TPSA) is 66.7 Å². The summed E-state index contributed by atoms with van der Waals surface area (Å²) in [7, 11) is 0. The predicted molar refractivity (Wildman–Crippen MR) is 145 cm³/mol. The second-order valence-electron chi connectivity index (χ2n) is 11.7. The highest BCUT2D eigenvalue weighted by Crippen LogP contribution is 2.39.